The Morgan fingerprint density at radius 3 is 2.31 bits per heavy atom. The molecule has 0 aromatic rings. The van der Waals surface area contributed by atoms with Crippen LogP contribution in [0.5, 0.6) is 0 Å². The first-order valence-electron chi connectivity index (χ1n) is 13.5. The summed E-state index contributed by atoms with van der Waals surface area (Å²) in [4.78, 5) is 40.4. The third-order valence-corrected chi connectivity index (χ3v) is 11.6. The molecule has 5 aliphatic rings. The molecule has 0 spiro atoms. The van der Waals surface area contributed by atoms with Gasteiger partial charge in [0.2, 0.25) is 5.78 Å². The molecule has 2 saturated carbocycles. The van der Waals surface area contributed by atoms with Crippen molar-refractivity contribution in [2.24, 2.45) is 45.3 Å². The van der Waals surface area contributed by atoms with Crippen LogP contribution in [0.15, 0.2) is 23.5 Å². The summed E-state index contributed by atoms with van der Waals surface area (Å²) in [5.41, 5.74) is -2.59. The van der Waals surface area contributed by atoms with Gasteiger partial charge in [-0.1, -0.05) is 39.3 Å². The highest BCUT2D eigenvalue weighted by atomic mass is 16.5. The molecule has 9 atom stereocenters. The first-order chi connectivity index (χ1) is 16.4. The number of aliphatic hydroxyl groups is 2. The van der Waals surface area contributed by atoms with Crippen LogP contribution in [0.3, 0.4) is 0 Å². The molecule has 4 aliphatic carbocycles. The lowest BCUT2D eigenvalue weighted by Crippen LogP contribution is -2.62. The summed E-state index contributed by atoms with van der Waals surface area (Å²) in [5.74, 6) is -1.07. The highest BCUT2D eigenvalue weighted by molar-refractivity contribution is 6.02. The average molecular weight is 499 g/mol. The standard InChI is InChI=1S/C30H42O6/c1-15-18(31)12-23(27(4,5)35)36-20-13-28(6)21-10-9-16-17(11-19(32)25(34)26(16,2)3)30(21,8)22(33)14-29(28,7)24(15)20/h9,11,15,17,20-21,23-24,32,35H,10,12-14H2,1-8H3/t15-,17-,20-,21-,23-,24+,28+,29+,30-/m0/s1. The molecule has 5 rings (SSSR count). The van der Waals surface area contributed by atoms with Crippen molar-refractivity contribution in [3.8, 4) is 0 Å². The number of ether oxygens (including phenoxy) is 1. The summed E-state index contributed by atoms with van der Waals surface area (Å²) in [6.45, 7) is 15.5. The van der Waals surface area contributed by atoms with E-state index in [-0.39, 0.29) is 64.7 Å². The van der Waals surface area contributed by atoms with Crippen molar-refractivity contribution >= 4 is 17.3 Å². The van der Waals surface area contributed by atoms with Crippen molar-refractivity contribution in [3.63, 3.8) is 0 Å². The van der Waals surface area contributed by atoms with Crippen LogP contribution in [0.1, 0.15) is 81.1 Å². The number of carbonyl (C=O) groups excluding carboxylic acids is 3. The van der Waals surface area contributed by atoms with E-state index in [1.54, 1.807) is 19.9 Å². The Bertz CT molecular complexity index is 1110. The Balaban J connectivity index is 1.64. The van der Waals surface area contributed by atoms with Crippen molar-refractivity contribution in [2.45, 2.75) is 98.9 Å². The Hall–Kier alpha value is -1.79. The van der Waals surface area contributed by atoms with Crippen LogP contribution in [-0.2, 0) is 19.1 Å². The monoisotopic (exact) mass is 498 g/mol. The van der Waals surface area contributed by atoms with E-state index < -0.39 is 27.9 Å². The zero-order chi connectivity index (χ0) is 26.8. The zero-order valence-corrected chi connectivity index (χ0v) is 23.0. The molecule has 6 heteroatoms. The minimum absolute atomic E-state index is 0.0310. The molecule has 0 aromatic carbocycles. The fourth-order valence-electron chi connectivity index (χ4n) is 9.24. The van der Waals surface area contributed by atoms with Gasteiger partial charge in [-0.05, 0) is 63.4 Å². The largest absolute Gasteiger partial charge is 0.505 e. The molecule has 6 nitrogen and oxygen atoms in total. The van der Waals surface area contributed by atoms with E-state index in [0.29, 0.717) is 19.3 Å². The molecular formula is C30H42O6. The van der Waals surface area contributed by atoms with E-state index in [1.807, 2.05) is 27.7 Å². The summed E-state index contributed by atoms with van der Waals surface area (Å²) < 4.78 is 6.59. The smallest absolute Gasteiger partial charge is 0.206 e. The van der Waals surface area contributed by atoms with Crippen molar-refractivity contribution < 1.29 is 29.3 Å². The molecule has 0 aromatic heterocycles. The third-order valence-electron chi connectivity index (χ3n) is 11.6. The Morgan fingerprint density at radius 1 is 1.06 bits per heavy atom. The van der Waals surface area contributed by atoms with E-state index in [1.165, 1.54) is 0 Å². The Morgan fingerprint density at radius 2 is 1.69 bits per heavy atom. The van der Waals surface area contributed by atoms with Crippen LogP contribution in [0.2, 0.25) is 0 Å². The molecular weight excluding hydrogens is 456 g/mol. The van der Waals surface area contributed by atoms with Crippen molar-refractivity contribution in [3.05, 3.63) is 23.5 Å². The number of Topliss-reactive ketones (excluding diaryl/α,β-unsaturated/α-hetero) is 3. The number of hydrogen-bond donors (Lipinski definition) is 2. The normalized spacial score (nSPS) is 48.2. The molecule has 2 N–H and O–H groups in total. The van der Waals surface area contributed by atoms with Crippen LogP contribution in [0.25, 0.3) is 0 Å². The van der Waals surface area contributed by atoms with E-state index in [4.69, 9.17) is 4.74 Å². The van der Waals surface area contributed by atoms with Crippen molar-refractivity contribution in [2.75, 3.05) is 0 Å². The van der Waals surface area contributed by atoms with Gasteiger partial charge in [0, 0.05) is 36.0 Å². The molecule has 1 heterocycles. The van der Waals surface area contributed by atoms with E-state index in [2.05, 4.69) is 19.9 Å². The van der Waals surface area contributed by atoms with Gasteiger partial charge < -0.3 is 14.9 Å². The topological polar surface area (TPSA) is 101 Å². The van der Waals surface area contributed by atoms with Crippen LogP contribution in [0.4, 0.5) is 0 Å². The van der Waals surface area contributed by atoms with Gasteiger partial charge in [0.1, 0.15) is 11.6 Å². The van der Waals surface area contributed by atoms with E-state index in [0.717, 1.165) is 5.57 Å². The number of fused-ring (bicyclic) bond motifs is 7. The molecule has 198 valence electrons. The summed E-state index contributed by atoms with van der Waals surface area (Å²) in [7, 11) is 0. The van der Waals surface area contributed by atoms with Gasteiger partial charge in [-0.25, -0.2) is 0 Å². The van der Waals surface area contributed by atoms with Crippen LogP contribution < -0.4 is 0 Å². The van der Waals surface area contributed by atoms with Crippen LogP contribution in [-0.4, -0.2) is 45.4 Å². The molecule has 1 aliphatic heterocycles. The highest BCUT2D eigenvalue weighted by Crippen LogP contribution is 2.74. The summed E-state index contributed by atoms with van der Waals surface area (Å²) in [5, 5.41) is 21.4. The number of allylic oxidation sites excluding steroid dienone is 4. The van der Waals surface area contributed by atoms with Gasteiger partial charge in [-0.15, -0.1) is 0 Å². The lowest BCUT2D eigenvalue weighted by molar-refractivity contribution is -0.167. The molecule has 1 saturated heterocycles. The second-order valence-electron chi connectivity index (χ2n) is 14.2. The average Bonchev–Trinajstić information content (AvgIpc) is 2.88. The number of hydrogen-bond acceptors (Lipinski definition) is 6. The zero-order valence-electron chi connectivity index (χ0n) is 23.0. The summed E-state index contributed by atoms with van der Waals surface area (Å²) in [6, 6.07) is 0. The predicted molar refractivity (Wildman–Crippen MR) is 135 cm³/mol. The second-order valence-corrected chi connectivity index (χ2v) is 14.2. The van der Waals surface area contributed by atoms with Crippen molar-refractivity contribution in [1.29, 1.82) is 0 Å². The minimum atomic E-state index is -1.14. The quantitative estimate of drug-likeness (QED) is 0.506. The fraction of sp³-hybridized carbons (Fsp3) is 0.767. The second kappa shape index (κ2) is 7.41. The Labute approximate surface area is 214 Å². The lowest BCUT2D eigenvalue weighted by atomic mass is 9.39. The first-order valence-corrected chi connectivity index (χ1v) is 13.5. The maximum Gasteiger partial charge on any atom is 0.206 e. The van der Waals surface area contributed by atoms with Gasteiger partial charge in [0.15, 0.2) is 5.76 Å². The molecule has 0 unspecified atom stereocenters. The molecule has 3 fully saturated rings. The summed E-state index contributed by atoms with van der Waals surface area (Å²) in [6.07, 6.45) is 4.84. The van der Waals surface area contributed by atoms with E-state index >= 15 is 0 Å². The number of carbonyl (C=O) groups is 3. The molecule has 0 amide bonds. The fourth-order valence-corrected chi connectivity index (χ4v) is 9.24. The SMILES string of the molecule is C[C@H]1C(=O)C[C@@H](C(C)(C)O)O[C@H]2C[C@]3(C)[C@@H]4CC=C5[C@H](C=C(O)C(=O)C5(C)C)[C@]4(C)C(=O)C[C@]3(C)[C@@H]21. The van der Waals surface area contributed by atoms with Crippen LogP contribution in [0, 0.1) is 45.3 Å². The molecule has 36 heavy (non-hydrogen) atoms. The number of ketones is 3. The summed E-state index contributed by atoms with van der Waals surface area (Å²) >= 11 is 0. The van der Waals surface area contributed by atoms with Crippen LogP contribution >= 0.6 is 0 Å². The van der Waals surface area contributed by atoms with E-state index in [9.17, 15) is 24.6 Å². The van der Waals surface area contributed by atoms with Crippen molar-refractivity contribution in [1.82, 2.24) is 0 Å². The Kier molecular flexibility index (Phi) is 5.32. The number of rotatable bonds is 1. The number of aliphatic hydroxyl groups excluding tert-OH is 1. The van der Waals surface area contributed by atoms with Gasteiger partial charge in [-0.2, -0.15) is 0 Å². The van der Waals surface area contributed by atoms with Gasteiger partial charge in [-0.3, -0.25) is 14.4 Å². The highest BCUT2D eigenvalue weighted by Gasteiger charge is 2.73. The minimum Gasteiger partial charge on any atom is -0.505 e. The van der Waals surface area contributed by atoms with Gasteiger partial charge in [0.05, 0.1) is 23.2 Å². The van der Waals surface area contributed by atoms with Gasteiger partial charge in [0.25, 0.3) is 0 Å². The maximum absolute atomic E-state index is 14.3. The predicted octanol–water partition coefficient (Wildman–Crippen LogP) is 4.74. The molecule has 0 radical (unpaired) electrons. The van der Waals surface area contributed by atoms with Gasteiger partial charge >= 0.3 is 0 Å². The maximum atomic E-state index is 14.3. The lowest BCUT2D eigenvalue weighted by Gasteiger charge is -2.63. The first kappa shape index (κ1) is 25.8. The molecule has 0 bridgehead atoms. The third kappa shape index (κ3) is 3.00.